The van der Waals surface area contributed by atoms with E-state index in [0.717, 1.165) is 27.8 Å². The number of aromatic nitrogens is 5. The molecule has 3 heterocycles. The van der Waals surface area contributed by atoms with Gasteiger partial charge >= 0.3 is 0 Å². The van der Waals surface area contributed by atoms with Crippen molar-refractivity contribution in [2.45, 2.75) is 20.1 Å². The number of H-pyrrole nitrogens is 1. The van der Waals surface area contributed by atoms with Gasteiger partial charge in [0.25, 0.3) is 0 Å². The van der Waals surface area contributed by atoms with Gasteiger partial charge in [-0.15, -0.1) is 0 Å². The summed E-state index contributed by atoms with van der Waals surface area (Å²) in [6, 6.07) is 7.76. The lowest BCUT2D eigenvalue weighted by Crippen LogP contribution is -2.27. The van der Waals surface area contributed by atoms with E-state index in [0.29, 0.717) is 12.4 Å². The zero-order valence-electron chi connectivity index (χ0n) is 14.3. The molecule has 0 saturated carbocycles. The summed E-state index contributed by atoms with van der Waals surface area (Å²) >= 11 is 0. The fourth-order valence-electron chi connectivity index (χ4n) is 2.78. The Balaban J connectivity index is 1.29. The van der Waals surface area contributed by atoms with Crippen LogP contribution in [0.5, 0.6) is 0 Å². The quantitative estimate of drug-likeness (QED) is 0.552. The Kier molecular flexibility index (Phi) is 4.32. The second kappa shape index (κ2) is 6.93. The maximum absolute atomic E-state index is 12.0. The van der Waals surface area contributed by atoms with Gasteiger partial charge in [-0.1, -0.05) is 12.1 Å². The molecule has 3 aromatic heterocycles. The number of imidazole rings is 1. The van der Waals surface area contributed by atoms with Crippen molar-refractivity contribution in [3.8, 4) is 0 Å². The molecule has 1 amide bonds. The average Bonchev–Trinajstić information content (AvgIpc) is 3.25. The van der Waals surface area contributed by atoms with Gasteiger partial charge in [0, 0.05) is 24.5 Å². The fourth-order valence-corrected chi connectivity index (χ4v) is 2.78. The Labute approximate surface area is 149 Å². The van der Waals surface area contributed by atoms with E-state index in [4.69, 9.17) is 4.74 Å². The Hall–Kier alpha value is -3.26. The van der Waals surface area contributed by atoms with Gasteiger partial charge in [-0.05, 0) is 24.6 Å². The molecule has 4 rings (SSSR count). The van der Waals surface area contributed by atoms with Crippen LogP contribution in [0.2, 0.25) is 0 Å². The first-order valence-corrected chi connectivity index (χ1v) is 8.26. The highest BCUT2D eigenvalue weighted by molar-refractivity contribution is 5.78. The monoisotopic (exact) mass is 350 g/mol. The number of amides is 1. The molecular formula is C18H18N6O2. The molecule has 26 heavy (non-hydrogen) atoms. The molecule has 0 spiro atoms. The lowest BCUT2D eigenvalue weighted by molar-refractivity contribution is -0.126. The summed E-state index contributed by atoms with van der Waals surface area (Å²) in [6.07, 6.45) is 5.20. The van der Waals surface area contributed by atoms with Crippen LogP contribution in [0.3, 0.4) is 0 Å². The zero-order valence-corrected chi connectivity index (χ0v) is 14.3. The number of rotatable bonds is 6. The van der Waals surface area contributed by atoms with Gasteiger partial charge in [0.15, 0.2) is 5.65 Å². The standard InChI is InChI=1S/C18H18N6O2/c1-12-4-2-5-14-17(12)23-15(22-14)10-26-11-16(25)20-8-13-9-21-24-7-3-6-19-18(13)24/h2-7,9H,8,10-11H2,1H3,(H,20,25)(H,22,23). The highest BCUT2D eigenvalue weighted by Crippen LogP contribution is 2.15. The van der Waals surface area contributed by atoms with Crippen molar-refractivity contribution in [2.24, 2.45) is 0 Å². The Morgan fingerprint density at radius 1 is 1.35 bits per heavy atom. The topological polar surface area (TPSA) is 97.2 Å². The molecule has 0 bridgehead atoms. The van der Waals surface area contributed by atoms with Crippen molar-refractivity contribution >= 4 is 22.6 Å². The van der Waals surface area contributed by atoms with Crippen LogP contribution in [0, 0.1) is 6.92 Å². The molecule has 8 heteroatoms. The van der Waals surface area contributed by atoms with Crippen molar-refractivity contribution in [1.82, 2.24) is 29.9 Å². The van der Waals surface area contributed by atoms with E-state index >= 15 is 0 Å². The van der Waals surface area contributed by atoms with Crippen LogP contribution in [-0.4, -0.2) is 37.1 Å². The summed E-state index contributed by atoms with van der Waals surface area (Å²) in [6.45, 7) is 2.57. The maximum Gasteiger partial charge on any atom is 0.246 e. The fraction of sp³-hybridized carbons (Fsp3) is 0.222. The molecule has 1 aromatic carbocycles. The van der Waals surface area contributed by atoms with Crippen LogP contribution in [0.15, 0.2) is 42.9 Å². The molecule has 0 fully saturated rings. The van der Waals surface area contributed by atoms with E-state index in [-0.39, 0.29) is 19.1 Å². The van der Waals surface area contributed by atoms with Crippen LogP contribution >= 0.6 is 0 Å². The molecule has 0 aliphatic carbocycles. The highest BCUT2D eigenvalue weighted by atomic mass is 16.5. The van der Waals surface area contributed by atoms with E-state index in [1.807, 2.05) is 31.3 Å². The summed E-state index contributed by atoms with van der Waals surface area (Å²) in [4.78, 5) is 23.9. The molecule has 0 saturated heterocycles. The number of carbonyl (C=O) groups excluding carboxylic acids is 1. The van der Waals surface area contributed by atoms with Crippen molar-refractivity contribution in [3.05, 3.63) is 59.8 Å². The maximum atomic E-state index is 12.0. The number of benzene rings is 1. The molecule has 0 aliphatic rings. The van der Waals surface area contributed by atoms with Gasteiger partial charge in [0.2, 0.25) is 5.91 Å². The molecule has 132 valence electrons. The van der Waals surface area contributed by atoms with Crippen molar-refractivity contribution in [2.75, 3.05) is 6.61 Å². The molecule has 0 radical (unpaired) electrons. The minimum Gasteiger partial charge on any atom is -0.364 e. The summed E-state index contributed by atoms with van der Waals surface area (Å²) < 4.78 is 7.13. The second-order valence-electron chi connectivity index (χ2n) is 5.98. The van der Waals surface area contributed by atoms with Crippen LogP contribution in [-0.2, 0) is 22.7 Å². The Morgan fingerprint density at radius 2 is 2.27 bits per heavy atom. The van der Waals surface area contributed by atoms with Gasteiger partial charge in [0.05, 0.1) is 17.2 Å². The first-order valence-electron chi connectivity index (χ1n) is 8.26. The number of carbonyl (C=O) groups is 1. The van der Waals surface area contributed by atoms with Crippen LogP contribution in [0.4, 0.5) is 0 Å². The van der Waals surface area contributed by atoms with E-state index in [1.54, 1.807) is 23.0 Å². The normalized spacial score (nSPS) is 11.3. The SMILES string of the molecule is Cc1cccc2[nH]c(COCC(=O)NCc3cnn4cccnc34)nc12. The first-order chi connectivity index (χ1) is 12.7. The largest absolute Gasteiger partial charge is 0.364 e. The van der Waals surface area contributed by atoms with Crippen LogP contribution < -0.4 is 5.32 Å². The molecule has 8 nitrogen and oxygen atoms in total. The molecule has 0 aliphatic heterocycles. The highest BCUT2D eigenvalue weighted by Gasteiger charge is 2.09. The number of hydrogen-bond acceptors (Lipinski definition) is 5. The van der Waals surface area contributed by atoms with Gasteiger partial charge in [-0.2, -0.15) is 5.10 Å². The smallest absolute Gasteiger partial charge is 0.246 e. The van der Waals surface area contributed by atoms with Crippen LogP contribution in [0.25, 0.3) is 16.7 Å². The Morgan fingerprint density at radius 3 is 3.15 bits per heavy atom. The van der Waals surface area contributed by atoms with E-state index in [2.05, 4.69) is 25.4 Å². The number of aryl methyl sites for hydroxylation is 1. The van der Waals surface area contributed by atoms with Crippen molar-refractivity contribution in [3.63, 3.8) is 0 Å². The summed E-state index contributed by atoms with van der Waals surface area (Å²) in [7, 11) is 0. The number of para-hydroxylation sites is 1. The minimum atomic E-state index is -0.201. The second-order valence-corrected chi connectivity index (χ2v) is 5.98. The average molecular weight is 350 g/mol. The number of nitrogens with one attached hydrogen (secondary N) is 2. The van der Waals surface area contributed by atoms with E-state index in [1.165, 1.54) is 0 Å². The molecule has 0 atom stereocenters. The number of fused-ring (bicyclic) bond motifs is 2. The number of nitrogens with zero attached hydrogens (tertiary/aromatic N) is 4. The minimum absolute atomic E-state index is 0.0390. The Bertz CT molecular complexity index is 1070. The lowest BCUT2D eigenvalue weighted by Gasteiger charge is -2.04. The lowest BCUT2D eigenvalue weighted by atomic mass is 10.2. The van der Waals surface area contributed by atoms with E-state index in [9.17, 15) is 4.79 Å². The van der Waals surface area contributed by atoms with Gasteiger partial charge < -0.3 is 15.0 Å². The summed E-state index contributed by atoms with van der Waals surface area (Å²) in [5.74, 6) is 0.501. The molecular weight excluding hydrogens is 332 g/mol. The van der Waals surface area contributed by atoms with Crippen molar-refractivity contribution < 1.29 is 9.53 Å². The van der Waals surface area contributed by atoms with Gasteiger partial charge in [-0.25, -0.2) is 14.5 Å². The first kappa shape index (κ1) is 16.2. The number of aromatic amines is 1. The molecule has 2 N–H and O–H groups in total. The number of hydrogen-bond donors (Lipinski definition) is 2. The van der Waals surface area contributed by atoms with Gasteiger partial charge in [-0.3, -0.25) is 4.79 Å². The third kappa shape index (κ3) is 3.27. The van der Waals surface area contributed by atoms with Gasteiger partial charge in [0.1, 0.15) is 19.0 Å². The third-order valence-electron chi connectivity index (χ3n) is 4.06. The number of ether oxygens (including phenoxy) is 1. The van der Waals surface area contributed by atoms with E-state index < -0.39 is 0 Å². The molecule has 0 unspecified atom stereocenters. The summed E-state index contributed by atoms with van der Waals surface area (Å²) in [5, 5.41) is 7.00. The predicted octanol–water partition coefficient (Wildman–Crippen LogP) is 1.75. The van der Waals surface area contributed by atoms with Crippen molar-refractivity contribution in [1.29, 1.82) is 0 Å². The summed E-state index contributed by atoms with van der Waals surface area (Å²) in [5.41, 5.74) is 4.58. The predicted molar refractivity (Wildman–Crippen MR) is 95.3 cm³/mol. The molecule has 4 aromatic rings. The zero-order chi connectivity index (χ0) is 17.9. The third-order valence-corrected chi connectivity index (χ3v) is 4.06. The van der Waals surface area contributed by atoms with Crippen LogP contribution in [0.1, 0.15) is 17.0 Å².